The van der Waals surface area contributed by atoms with Gasteiger partial charge in [-0.05, 0) is 26.8 Å². The predicted molar refractivity (Wildman–Crippen MR) is 55.8 cm³/mol. The van der Waals surface area contributed by atoms with Gasteiger partial charge in [-0.3, -0.25) is 0 Å². The molecule has 0 heterocycles. The normalized spacial score (nSPS) is 14.3. The molecule has 0 spiro atoms. The number of nitrogens with zero attached hydrogens (tertiary/aromatic N) is 1. The fraction of sp³-hybridized carbons (Fsp3) is 0.545. The van der Waals surface area contributed by atoms with Crippen LogP contribution in [0.1, 0.15) is 27.2 Å². The number of hydrogen-bond acceptors (Lipinski definition) is 1. The summed E-state index contributed by atoms with van der Waals surface area (Å²) in [7, 11) is 2.15. The molecule has 13 heavy (non-hydrogen) atoms. The number of allylic oxidation sites excluding steroid dienone is 3. The fourth-order valence-electron chi connectivity index (χ4n) is 1.12. The largest absolute Gasteiger partial charge is 0.373 e. The molecule has 2 heteroatoms. The van der Waals surface area contributed by atoms with Gasteiger partial charge in [0.1, 0.15) is 0 Å². The average Bonchev–Trinajstić information content (AvgIpc) is 2.34. The van der Waals surface area contributed by atoms with E-state index in [1.54, 1.807) is 0 Å². The van der Waals surface area contributed by atoms with E-state index in [1.807, 2.05) is 0 Å². The summed E-state index contributed by atoms with van der Waals surface area (Å²) in [4.78, 5) is 2.33. The van der Waals surface area contributed by atoms with Crippen LogP contribution in [0.25, 0.3) is 0 Å². The van der Waals surface area contributed by atoms with Gasteiger partial charge in [-0.1, -0.05) is 12.2 Å². The molecule has 1 nitrogen and oxygen atoms in total. The summed E-state index contributed by atoms with van der Waals surface area (Å²) in [5.41, 5.74) is 1.66. The van der Waals surface area contributed by atoms with Crippen molar-refractivity contribution in [2.45, 2.75) is 32.7 Å². The molecule has 0 saturated carbocycles. The van der Waals surface area contributed by atoms with E-state index in [2.05, 4.69) is 50.9 Å². The molecular formula is C11H20NTi-. The summed E-state index contributed by atoms with van der Waals surface area (Å²) < 4.78 is 0. The quantitative estimate of drug-likeness (QED) is 0.479. The molecule has 0 aromatic heterocycles. The van der Waals surface area contributed by atoms with Gasteiger partial charge in [0.2, 0.25) is 0 Å². The minimum Gasteiger partial charge on any atom is -0.373 e. The van der Waals surface area contributed by atoms with Crippen LogP contribution >= 0.6 is 0 Å². The van der Waals surface area contributed by atoms with Gasteiger partial charge in [-0.15, -0.1) is 0 Å². The van der Waals surface area contributed by atoms with Gasteiger partial charge < -0.3 is 12.3 Å². The Morgan fingerprint density at radius 3 is 2.15 bits per heavy atom. The molecule has 0 atom stereocenters. The Kier molecular flexibility index (Phi) is 6.74. The van der Waals surface area contributed by atoms with Gasteiger partial charge in [0.05, 0.1) is 0 Å². The molecule has 0 amide bonds. The molecule has 1 rings (SSSR count). The molecule has 74 valence electrons. The minimum absolute atomic E-state index is 0. The molecule has 1 aliphatic rings. The van der Waals surface area contributed by atoms with E-state index >= 15 is 0 Å². The van der Waals surface area contributed by atoms with Crippen LogP contribution in [0.2, 0.25) is 0 Å². The van der Waals surface area contributed by atoms with Crippen molar-refractivity contribution < 1.29 is 21.7 Å². The smallest absolute Gasteiger partial charge is 0.0311 e. The topological polar surface area (TPSA) is 3.24 Å². The summed E-state index contributed by atoms with van der Waals surface area (Å²) in [6.45, 7) is 6.68. The Labute approximate surface area is 97.8 Å². The Bertz CT molecular complexity index is 199. The molecule has 0 aliphatic heterocycles. The summed E-state index contributed by atoms with van der Waals surface area (Å²) >= 11 is 0. The number of rotatable bonds is 1. The van der Waals surface area contributed by atoms with Crippen LogP contribution in [-0.4, -0.2) is 17.5 Å². The van der Waals surface area contributed by atoms with E-state index in [0.717, 1.165) is 6.42 Å². The van der Waals surface area contributed by atoms with Crippen LogP contribution in [-0.2, 0) is 21.7 Å². The maximum absolute atomic E-state index is 2.33. The third-order valence-electron chi connectivity index (χ3n) is 2.19. The van der Waals surface area contributed by atoms with Crippen molar-refractivity contribution in [2.24, 2.45) is 0 Å². The number of hydrogen-bond donors (Lipinski definition) is 0. The van der Waals surface area contributed by atoms with E-state index in [0.29, 0.717) is 0 Å². The molecule has 0 bridgehead atoms. The Morgan fingerprint density at radius 1 is 1.31 bits per heavy atom. The second-order valence-corrected chi connectivity index (χ2v) is 4.02. The average molecular weight is 214 g/mol. The van der Waals surface area contributed by atoms with Crippen molar-refractivity contribution in [1.29, 1.82) is 0 Å². The summed E-state index contributed by atoms with van der Waals surface area (Å²) in [5, 5.41) is 0. The maximum Gasteiger partial charge on any atom is 0.0311 e. The molecule has 0 fully saturated rings. The zero-order chi connectivity index (χ0) is 8.48. The van der Waals surface area contributed by atoms with Gasteiger partial charge in [-0.2, -0.15) is 0 Å². The summed E-state index contributed by atoms with van der Waals surface area (Å²) in [6.07, 6.45) is 7.59. The van der Waals surface area contributed by atoms with E-state index < -0.39 is 0 Å². The zero-order valence-electron chi connectivity index (χ0n) is 9.39. The van der Waals surface area contributed by atoms with Crippen LogP contribution in [0, 0.1) is 7.43 Å². The first-order valence-corrected chi connectivity index (χ1v) is 4.11. The molecule has 0 aromatic carbocycles. The van der Waals surface area contributed by atoms with E-state index in [4.69, 9.17) is 0 Å². The Morgan fingerprint density at radius 2 is 1.85 bits per heavy atom. The van der Waals surface area contributed by atoms with E-state index in [1.165, 1.54) is 5.70 Å². The molecule has 1 aliphatic carbocycles. The van der Waals surface area contributed by atoms with Crippen LogP contribution in [0.4, 0.5) is 0 Å². The zero-order valence-corrected chi connectivity index (χ0v) is 10.9. The third-order valence-corrected chi connectivity index (χ3v) is 2.19. The van der Waals surface area contributed by atoms with Crippen LogP contribution < -0.4 is 0 Å². The van der Waals surface area contributed by atoms with Gasteiger partial charge >= 0.3 is 0 Å². The van der Waals surface area contributed by atoms with Crippen molar-refractivity contribution in [1.82, 2.24) is 4.90 Å². The monoisotopic (exact) mass is 214 g/mol. The standard InChI is InChI=1S/C10H17N.CH3.Ti/c1-10(2,3)11(4)9-7-5-6-8-9;;/h5-7H,8H2,1-4H3;1H3;/q;-1;. The SMILES string of the molecule is CN(C1=CC=CC1)C(C)(C)C.[CH3-].[Ti]. The van der Waals surface area contributed by atoms with Crippen molar-refractivity contribution >= 4 is 0 Å². The van der Waals surface area contributed by atoms with Gasteiger partial charge in [-0.25, -0.2) is 0 Å². The molecular weight excluding hydrogens is 194 g/mol. The van der Waals surface area contributed by atoms with E-state index in [9.17, 15) is 0 Å². The molecule has 0 unspecified atom stereocenters. The second kappa shape index (κ2) is 5.67. The first-order valence-electron chi connectivity index (χ1n) is 4.11. The molecule has 0 radical (unpaired) electrons. The first kappa shape index (κ1) is 15.5. The summed E-state index contributed by atoms with van der Waals surface area (Å²) in [6, 6.07) is 0. The van der Waals surface area contributed by atoms with Gasteiger partial charge in [0, 0.05) is 46.4 Å². The Balaban J connectivity index is 0. The molecule has 0 aromatic rings. The van der Waals surface area contributed by atoms with Crippen molar-refractivity contribution in [3.8, 4) is 0 Å². The second-order valence-electron chi connectivity index (χ2n) is 4.02. The van der Waals surface area contributed by atoms with E-state index in [-0.39, 0.29) is 34.7 Å². The molecule has 0 N–H and O–H groups in total. The first-order chi connectivity index (χ1) is 5.02. The van der Waals surface area contributed by atoms with Crippen molar-refractivity contribution in [3.05, 3.63) is 31.4 Å². The van der Waals surface area contributed by atoms with Crippen molar-refractivity contribution in [3.63, 3.8) is 0 Å². The van der Waals surface area contributed by atoms with Gasteiger partial charge in [0.25, 0.3) is 0 Å². The third kappa shape index (κ3) is 4.15. The Hall–Kier alpha value is -0.00571. The van der Waals surface area contributed by atoms with Crippen LogP contribution in [0.3, 0.4) is 0 Å². The maximum atomic E-state index is 2.33. The van der Waals surface area contributed by atoms with Gasteiger partial charge in [0.15, 0.2) is 0 Å². The minimum atomic E-state index is 0. The molecule has 0 saturated heterocycles. The van der Waals surface area contributed by atoms with Crippen molar-refractivity contribution in [2.75, 3.05) is 7.05 Å². The van der Waals surface area contributed by atoms with Crippen LogP contribution in [0.15, 0.2) is 23.9 Å². The fourth-order valence-corrected chi connectivity index (χ4v) is 1.12. The summed E-state index contributed by atoms with van der Waals surface area (Å²) in [5.74, 6) is 0. The predicted octanol–water partition coefficient (Wildman–Crippen LogP) is 3.01. The van der Waals surface area contributed by atoms with Crippen LogP contribution in [0.5, 0.6) is 0 Å².